The van der Waals surface area contributed by atoms with Crippen LogP contribution in [0.4, 0.5) is 5.69 Å². The maximum absolute atomic E-state index is 12.0. The van der Waals surface area contributed by atoms with Crippen molar-refractivity contribution in [3.05, 3.63) is 64.2 Å². The van der Waals surface area contributed by atoms with Crippen LogP contribution in [0.5, 0.6) is 0 Å². The molecule has 0 saturated heterocycles. The van der Waals surface area contributed by atoms with Gasteiger partial charge in [0.1, 0.15) is 0 Å². The highest BCUT2D eigenvalue weighted by molar-refractivity contribution is 6.30. The van der Waals surface area contributed by atoms with E-state index in [-0.39, 0.29) is 11.8 Å². The molecule has 23 heavy (non-hydrogen) atoms. The Hall–Kier alpha value is -2.33. The molecule has 118 valence electrons. The Morgan fingerprint density at radius 2 is 2.09 bits per heavy atom. The first kappa shape index (κ1) is 15.6. The summed E-state index contributed by atoms with van der Waals surface area (Å²) >= 11 is 5.89. The summed E-state index contributed by atoms with van der Waals surface area (Å²) in [6.45, 7) is 0.536. The summed E-state index contributed by atoms with van der Waals surface area (Å²) in [4.78, 5) is 25.4. The standard InChI is InChI=1S/C18H17ClN2O2/c1-21-16-6-5-12(9-14(16)11-17(21)22)7-8-20-18(23)13-3-2-4-15(19)10-13/h2-6,9-10H,7-8,11H2,1H3,(H,20,23). The van der Waals surface area contributed by atoms with Crippen LogP contribution in [0.3, 0.4) is 0 Å². The third-order valence-electron chi connectivity index (χ3n) is 4.01. The van der Waals surface area contributed by atoms with Crippen molar-refractivity contribution in [1.29, 1.82) is 0 Å². The molecular weight excluding hydrogens is 312 g/mol. The summed E-state index contributed by atoms with van der Waals surface area (Å²) in [5, 5.41) is 3.43. The Balaban J connectivity index is 1.58. The summed E-state index contributed by atoms with van der Waals surface area (Å²) in [7, 11) is 1.79. The van der Waals surface area contributed by atoms with Crippen molar-refractivity contribution in [2.45, 2.75) is 12.8 Å². The van der Waals surface area contributed by atoms with Crippen molar-refractivity contribution in [2.75, 3.05) is 18.5 Å². The Morgan fingerprint density at radius 3 is 2.87 bits per heavy atom. The molecule has 5 heteroatoms. The highest BCUT2D eigenvalue weighted by Crippen LogP contribution is 2.28. The number of rotatable bonds is 4. The number of likely N-dealkylation sites (N-methyl/N-ethyl adjacent to an activating group) is 1. The van der Waals surface area contributed by atoms with Gasteiger partial charge >= 0.3 is 0 Å². The highest BCUT2D eigenvalue weighted by Gasteiger charge is 2.23. The number of amides is 2. The van der Waals surface area contributed by atoms with Gasteiger partial charge in [0.25, 0.3) is 5.91 Å². The highest BCUT2D eigenvalue weighted by atomic mass is 35.5. The summed E-state index contributed by atoms with van der Waals surface area (Å²) in [5.41, 5.74) is 3.69. The van der Waals surface area contributed by atoms with E-state index in [1.165, 1.54) is 0 Å². The van der Waals surface area contributed by atoms with E-state index in [0.717, 1.165) is 23.2 Å². The number of hydrogen-bond acceptors (Lipinski definition) is 2. The van der Waals surface area contributed by atoms with Crippen LogP contribution in [0.2, 0.25) is 5.02 Å². The van der Waals surface area contributed by atoms with E-state index in [0.29, 0.717) is 23.6 Å². The number of carbonyl (C=O) groups is 2. The van der Waals surface area contributed by atoms with Crippen molar-refractivity contribution in [2.24, 2.45) is 0 Å². The lowest BCUT2D eigenvalue weighted by atomic mass is 10.1. The molecule has 2 aromatic rings. The largest absolute Gasteiger partial charge is 0.352 e. The van der Waals surface area contributed by atoms with Gasteiger partial charge in [-0.15, -0.1) is 0 Å². The smallest absolute Gasteiger partial charge is 0.251 e. The molecule has 2 aromatic carbocycles. The molecule has 0 bridgehead atoms. The van der Waals surface area contributed by atoms with Crippen LogP contribution >= 0.6 is 11.6 Å². The predicted molar refractivity (Wildman–Crippen MR) is 91.0 cm³/mol. The van der Waals surface area contributed by atoms with E-state index < -0.39 is 0 Å². The van der Waals surface area contributed by atoms with Gasteiger partial charge in [0, 0.05) is 29.9 Å². The first-order valence-corrected chi connectivity index (χ1v) is 7.84. The van der Waals surface area contributed by atoms with E-state index in [1.807, 2.05) is 18.2 Å². The van der Waals surface area contributed by atoms with Gasteiger partial charge in [-0.3, -0.25) is 9.59 Å². The molecule has 1 N–H and O–H groups in total. The molecule has 0 unspecified atom stereocenters. The zero-order valence-electron chi connectivity index (χ0n) is 12.8. The number of hydrogen-bond donors (Lipinski definition) is 1. The van der Waals surface area contributed by atoms with Crippen molar-refractivity contribution >= 4 is 29.1 Å². The molecule has 2 amide bonds. The molecule has 0 spiro atoms. The van der Waals surface area contributed by atoms with Crippen LogP contribution in [0.1, 0.15) is 21.5 Å². The van der Waals surface area contributed by atoms with Gasteiger partial charge in [-0.2, -0.15) is 0 Å². The predicted octanol–water partition coefficient (Wildman–Crippen LogP) is 2.83. The molecular formula is C18H17ClN2O2. The Bertz CT molecular complexity index is 773. The number of halogens is 1. The number of fused-ring (bicyclic) bond motifs is 1. The average molecular weight is 329 g/mol. The minimum Gasteiger partial charge on any atom is -0.352 e. The lowest BCUT2D eigenvalue weighted by Crippen LogP contribution is -2.25. The van der Waals surface area contributed by atoms with Gasteiger partial charge in [0.05, 0.1) is 6.42 Å². The van der Waals surface area contributed by atoms with E-state index >= 15 is 0 Å². The number of carbonyl (C=O) groups excluding carboxylic acids is 2. The molecule has 0 saturated carbocycles. The maximum Gasteiger partial charge on any atom is 0.251 e. The van der Waals surface area contributed by atoms with Gasteiger partial charge < -0.3 is 10.2 Å². The van der Waals surface area contributed by atoms with Crippen molar-refractivity contribution in [3.63, 3.8) is 0 Å². The topological polar surface area (TPSA) is 49.4 Å². The van der Waals surface area contributed by atoms with Gasteiger partial charge in [0.2, 0.25) is 5.91 Å². The minimum atomic E-state index is -0.136. The van der Waals surface area contributed by atoms with Crippen LogP contribution in [-0.4, -0.2) is 25.4 Å². The van der Waals surface area contributed by atoms with Crippen LogP contribution in [-0.2, 0) is 17.6 Å². The molecule has 3 rings (SSSR count). The molecule has 1 aliphatic rings. The molecule has 0 fully saturated rings. The fraction of sp³-hybridized carbons (Fsp3) is 0.222. The molecule has 4 nitrogen and oxygen atoms in total. The zero-order valence-corrected chi connectivity index (χ0v) is 13.6. The Kier molecular flexibility index (Phi) is 4.35. The normalized spacial score (nSPS) is 13.1. The zero-order chi connectivity index (χ0) is 16.4. The number of nitrogens with one attached hydrogen (secondary N) is 1. The van der Waals surface area contributed by atoms with Gasteiger partial charge in [-0.05, 0) is 41.8 Å². The summed E-state index contributed by atoms with van der Waals surface area (Å²) < 4.78 is 0. The van der Waals surface area contributed by atoms with E-state index in [1.54, 1.807) is 36.2 Å². The Morgan fingerprint density at radius 1 is 1.26 bits per heavy atom. The monoisotopic (exact) mass is 328 g/mol. The fourth-order valence-electron chi connectivity index (χ4n) is 2.73. The van der Waals surface area contributed by atoms with Gasteiger partial charge in [-0.1, -0.05) is 29.8 Å². The first-order valence-electron chi connectivity index (χ1n) is 7.47. The fourth-order valence-corrected chi connectivity index (χ4v) is 2.92. The van der Waals surface area contributed by atoms with E-state index in [2.05, 4.69) is 5.32 Å². The second-order valence-electron chi connectivity index (χ2n) is 5.61. The molecule has 0 aromatic heterocycles. The van der Waals surface area contributed by atoms with E-state index in [9.17, 15) is 9.59 Å². The van der Waals surface area contributed by atoms with Crippen molar-refractivity contribution in [3.8, 4) is 0 Å². The van der Waals surface area contributed by atoms with E-state index in [4.69, 9.17) is 11.6 Å². The summed E-state index contributed by atoms with van der Waals surface area (Å²) in [5.74, 6) is -0.0185. The SMILES string of the molecule is CN1C(=O)Cc2cc(CCNC(=O)c3cccc(Cl)c3)ccc21. The molecule has 0 atom stereocenters. The lowest BCUT2D eigenvalue weighted by Gasteiger charge is -2.11. The Labute approximate surface area is 140 Å². The summed E-state index contributed by atoms with van der Waals surface area (Å²) in [6, 6.07) is 12.9. The third-order valence-corrected chi connectivity index (χ3v) is 4.24. The van der Waals surface area contributed by atoms with Crippen LogP contribution in [0, 0.1) is 0 Å². The van der Waals surface area contributed by atoms with Crippen molar-refractivity contribution in [1.82, 2.24) is 5.32 Å². The van der Waals surface area contributed by atoms with Crippen molar-refractivity contribution < 1.29 is 9.59 Å². The third kappa shape index (κ3) is 3.37. The second kappa shape index (κ2) is 6.42. The summed E-state index contributed by atoms with van der Waals surface area (Å²) in [6.07, 6.45) is 1.17. The second-order valence-corrected chi connectivity index (χ2v) is 6.05. The molecule has 1 heterocycles. The molecule has 0 aliphatic carbocycles. The first-order chi connectivity index (χ1) is 11.0. The number of benzene rings is 2. The van der Waals surface area contributed by atoms with Gasteiger partial charge in [-0.25, -0.2) is 0 Å². The lowest BCUT2D eigenvalue weighted by molar-refractivity contribution is -0.117. The molecule has 0 radical (unpaired) electrons. The van der Waals surface area contributed by atoms with Gasteiger partial charge in [0.15, 0.2) is 0 Å². The van der Waals surface area contributed by atoms with Crippen LogP contribution in [0.25, 0.3) is 0 Å². The number of nitrogens with zero attached hydrogens (tertiary/aromatic N) is 1. The minimum absolute atomic E-state index is 0.117. The average Bonchev–Trinajstić information content (AvgIpc) is 2.81. The van der Waals surface area contributed by atoms with Crippen LogP contribution < -0.4 is 10.2 Å². The quantitative estimate of drug-likeness (QED) is 0.938. The number of anilines is 1. The van der Waals surface area contributed by atoms with Crippen LogP contribution in [0.15, 0.2) is 42.5 Å². The molecule has 1 aliphatic heterocycles. The maximum atomic E-state index is 12.0.